The first kappa shape index (κ1) is 20.8. The van der Waals surface area contributed by atoms with Crippen LogP contribution in [0, 0.1) is 0 Å². The van der Waals surface area contributed by atoms with Crippen LogP contribution in [0.1, 0.15) is 33.3 Å². The second kappa shape index (κ2) is 9.41. The first-order valence-electron chi connectivity index (χ1n) is 8.65. The van der Waals surface area contributed by atoms with E-state index < -0.39 is 17.7 Å². The maximum atomic E-state index is 12.2. The number of amides is 2. The fourth-order valence-electron chi connectivity index (χ4n) is 2.09. The number of thioether (sulfide) groups is 1. The maximum Gasteiger partial charge on any atom is 0.408 e. The van der Waals surface area contributed by atoms with E-state index in [9.17, 15) is 9.59 Å². The SMILES string of the molecule is CC(NC(=O)OC(C)(C)C)C(=O)Nc1ccc(SCc2cccnc2)cc1. The van der Waals surface area contributed by atoms with Gasteiger partial charge in [-0.25, -0.2) is 4.79 Å². The number of nitrogens with zero attached hydrogens (tertiary/aromatic N) is 1. The van der Waals surface area contributed by atoms with Crippen molar-refractivity contribution in [3.63, 3.8) is 0 Å². The number of aromatic nitrogens is 1. The molecule has 0 aliphatic carbocycles. The molecular formula is C20H25N3O3S. The molecule has 0 fully saturated rings. The number of pyridine rings is 1. The molecule has 0 radical (unpaired) electrons. The summed E-state index contributed by atoms with van der Waals surface area (Å²) in [6.45, 7) is 6.92. The van der Waals surface area contributed by atoms with Crippen LogP contribution in [0.15, 0.2) is 53.7 Å². The maximum absolute atomic E-state index is 12.2. The molecule has 2 aromatic rings. The summed E-state index contributed by atoms with van der Waals surface area (Å²) in [7, 11) is 0. The normalized spacial score (nSPS) is 12.1. The van der Waals surface area contributed by atoms with E-state index in [4.69, 9.17) is 4.74 Å². The number of hydrogen-bond donors (Lipinski definition) is 2. The zero-order valence-corrected chi connectivity index (χ0v) is 16.8. The van der Waals surface area contributed by atoms with E-state index in [1.807, 2.05) is 42.6 Å². The van der Waals surface area contributed by atoms with E-state index in [1.54, 1.807) is 45.7 Å². The van der Waals surface area contributed by atoms with E-state index in [0.29, 0.717) is 5.69 Å². The summed E-state index contributed by atoms with van der Waals surface area (Å²) < 4.78 is 5.15. The number of rotatable bonds is 6. The minimum atomic E-state index is -0.709. The second-order valence-electron chi connectivity index (χ2n) is 7.03. The van der Waals surface area contributed by atoms with Crippen LogP contribution in [0.3, 0.4) is 0 Å². The Hall–Kier alpha value is -2.54. The largest absolute Gasteiger partial charge is 0.444 e. The van der Waals surface area contributed by atoms with Gasteiger partial charge in [-0.15, -0.1) is 11.8 Å². The molecular weight excluding hydrogens is 362 g/mol. The fraction of sp³-hybridized carbons (Fsp3) is 0.350. The Balaban J connectivity index is 1.82. The molecule has 1 unspecified atom stereocenters. The van der Waals surface area contributed by atoms with E-state index >= 15 is 0 Å². The molecule has 144 valence electrons. The summed E-state index contributed by atoms with van der Waals surface area (Å²) in [4.78, 5) is 29.1. The monoisotopic (exact) mass is 387 g/mol. The summed E-state index contributed by atoms with van der Waals surface area (Å²) in [5.41, 5.74) is 1.22. The van der Waals surface area contributed by atoms with Gasteiger partial charge in [-0.3, -0.25) is 9.78 Å². The molecule has 0 saturated heterocycles. The third kappa shape index (κ3) is 7.70. The highest BCUT2D eigenvalue weighted by atomic mass is 32.2. The summed E-state index contributed by atoms with van der Waals surface area (Å²) in [5, 5.41) is 5.31. The van der Waals surface area contributed by atoms with Gasteiger partial charge in [-0.2, -0.15) is 0 Å². The number of ether oxygens (including phenoxy) is 1. The minimum absolute atomic E-state index is 0.309. The van der Waals surface area contributed by atoms with Crippen molar-refractivity contribution in [2.24, 2.45) is 0 Å². The molecule has 0 aliphatic rings. The van der Waals surface area contributed by atoms with Gasteiger partial charge in [0.25, 0.3) is 0 Å². The van der Waals surface area contributed by atoms with Crippen molar-refractivity contribution >= 4 is 29.4 Å². The van der Waals surface area contributed by atoms with Crippen molar-refractivity contribution in [1.29, 1.82) is 0 Å². The van der Waals surface area contributed by atoms with Gasteiger partial charge in [0.05, 0.1) is 0 Å². The van der Waals surface area contributed by atoms with Gasteiger partial charge in [-0.1, -0.05) is 6.07 Å². The molecule has 7 heteroatoms. The number of carbonyl (C=O) groups excluding carboxylic acids is 2. The predicted octanol–water partition coefficient (Wildman–Crippen LogP) is 4.23. The van der Waals surface area contributed by atoms with Crippen LogP contribution in [-0.4, -0.2) is 28.6 Å². The number of alkyl carbamates (subject to hydrolysis) is 1. The van der Waals surface area contributed by atoms with Gasteiger partial charge >= 0.3 is 6.09 Å². The highest BCUT2D eigenvalue weighted by Gasteiger charge is 2.21. The van der Waals surface area contributed by atoms with Gasteiger partial charge in [0.15, 0.2) is 0 Å². The smallest absolute Gasteiger partial charge is 0.408 e. The van der Waals surface area contributed by atoms with Crippen molar-refractivity contribution in [3.8, 4) is 0 Å². The summed E-state index contributed by atoms with van der Waals surface area (Å²) in [6.07, 6.45) is 2.98. The number of anilines is 1. The average Bonchev–Trinajstić information content (AvgIpc) is 2.60. The molecule has 2 N–H and O–H groups in total. The van der Waals surface area contributed by atoms with E-state index in [2.05, 4.69) is 15.6 Å². The molecule has 0 aliphatic heterocycles. The zero-order chi connectivity index (χ0) is 19.9. The molecule has 0 saturated carbocycles. The molecule has 2 amide bonds. The molecule has 27 heavy (non-hydrogen) atoms. The number of carbonyl (C=O) groups is 2. The van der Waals surface area contributed by atoms with Crippen molar-refractivity contribution in [3.05, 3.63) is 54.4 Å². The van der Waals surface area contributed by atoms with Crippen LogP contribution in [0.25, 0.3) is 0 Å². The van der Waals surface area contributed by atoms with Gasteiger partial charge in [0, 0.05) is 28.7 Å². The molecule has 1 atom stereocenters. The van der Waals surface area contributed by atoms with Crippen LogP contribution >= 0.6 is 11.8 Å². The van der Waals surface area contributed by atoms with Gasteiger partial charge in [-0.05, 0) is 63.6 Å². The Bertz CT molecular complexity index is 758. The van der Waals surface area contributed by atoms with Crippen LogP contribution in [0.4, 0.5) is 10.5 Å². The van der Waals surface area contributed by atoms with E-state index in [0.717, 1.165) is 16.2 Å². The summed E-state index contributed by atoms with van der Waals surface area (Å²) >= 11 is 1.69. The Kier molecular flexibility index (Phi) is 7.24. The van der Waals surface area contributed by atoms with Crippen molar-refractivity contribution in [2.75, 3.05) is 5.32 Å². The predicted molar refractivity (Wildman–Crippen MR) is 108 cm³/mol. The quantitative estimate of drug-likeness (QED) is 0.725. The van der Waals surface area contributed by atoms with Gasteiger partial charge in [0.2, 0.25) is 5.91 Å². The van der Waals surface area contributed by atoms with E-state index in [-0.39, 0.29) is 5.91 Å². The lowest BCUT2D eigenvalue weighted by Crippen LogP contribution is -2.43. The highest BCUT2D eigenvalue weighted by Crippen LogP contribution is 2.24. The lowest BCUT2D eigenvalue weighted by Gasteiger charge is -2.21. The molecule has 0 bridgehead atoms. The number of benzene rings is 1. The first-order valence-corrected chi connectivity index (χ1v) is 9.63. The lowest BCUT2D eigenvalue weighted by atomic mass is 10.2. The van der Waals surface area contributed by atoms with Crippen molar-refractivity contribution in [2.45, 2.75) is 50.0 Å². The summed E-state index contributed by atoms with van der Waals surface area (Å²) in [6, 6.07) is 10.8. The Morgan fingerprint density at radius 2 is 1.89 bits per heavy atom. The first-order chi connectivity index (χ1) is 12.7. The summed E-state index contributed by atoms with van der Waals surface area (Å²) in [5.74, 6) is 0.521. The topological polar surface area (TPSA) is 80.3 Å². The van der Waals surface area contributed by atoms with E-state index in [1.165, 1.54) is 0 Å². The Labute approximate surface area is 164 Å². The second-order valence-corrected chi connectivity index (χ2v) is 8.08. The minimum Gasteiger partial charge on any atom is -0.444 e. The molecule has 1 aromatic carbocycles. The standard InChI is InChI=1S/C20H25N3O3S/c1-14(22-19(25)26-20(2,3)4)18(24)23-16-7-9-17(10-8-16)27-13-15-6-5-11-21-12-15/h5-12,14H,13H2,1-4H3,(H,22,25)(H,23,24). The molecule has 6 nitrogen and oxygen atoms in total. The molecule has 2 rings (SSSR count). The number of nitrogens with one attached hydrogen (secondary N) is 2. The Morgan fingerprint density at radius 3 is 2.48 bits per heavy atom. The Morgan fingerprint density at radius 1 is 1.19 bits per heavy atom. The molecule has 1 aromatic heterocycles. The van der Waals surface area contributed by atoms with Gasteiger partial charge < -0.3 is 15.4 Å². The number of hydrogen-bond acceptors (Lipinski definition) is 5. The molecule has 1 heterocycles. The highest BCUT2D eigenvalue weighted by molar-refractivity contribution is 7.98. The van der Waals surface area contributed by atoms with Crippen LogP contribution in [-0.2, 0) is 15.3 Å². The third-order valence-electron chi connectivity index (χ3n) is 3.38. The van der Waals surface area contributed by atoms with Crippen LogP contribution in [0.5, 0.6) is 0 Å². The third-order valence-corrected chi connectivity index (χ3v) is 4.46. The van der Waals surface area contributed by atoms with Crippen LogP contribution < -0.4 is 10.6 Å². The van der Waals surface area contributed by atoms with Crippen molar-refractivity contribution < 1.29 is 14.3 Å². The van der Waals surface area contributed by atoms with Crippen molar-refractivity contribution in [1.82, 2.24) is 10.3 Å². The zero-order valence-electron chi connectivity index (χ0n) is 16.0. The molecule has 0 spiro atoms. The average molecular weight is 388 g/mol. The lowest BCUT2D eigenvalue weighted by molar-refractivity contribution is -0.117. The van der Waals surface area contributed by atoms with Gasteiger partial charge in [0.1, 0.15) is 11.6 Å². The van der Waals surface area contributed by atoms with Crippen LogP contribution in [0.2, 0.25) is 0 Å². The fourth-order valence-corrected chi connectivity index (χ4v) is 2.92.